The molecule has 0 amide bonds. The van der Waals surface area contributed by atoms with Gasteiger partial charge in [0, 0.05) is 5.56 Å². The van der Waals surface area contributed by atoms with Crippen molar-refractivity contribution >= 4 is 17.3 Å². The maximum atomic E-state index is 13.9. The van der Waals surface area contributed by atoms with E-state index < -0.39 is 17.7 Å². The second kappa shape index (κ2) is 6.11. The SMILES string of the molecule is Cc1cc(F)c(C(C)Nc2cc(C#N)ccc2Cl)cc1F. The molecule has 0 radical (unpaired) electrons. The molecule has 0 aromatic heterocycles. The molecule has 2 aromatic carbocycles. The van der Waals surface area contributed by atoms with E-state index in [0.29, 0.717) is 16.3 Å². The zero-order valence-corrected chi connectivity index (χ0v) is 12.3. The fourth-order valence-electron chi connectivity index (χ4n) is 2.01. The summed E-state index contributed by atoms with van der Waals surface area (Å²) < 4.78 is 27.5. The Balaban J connectivity index is 2.32. The molecule has 0 fully saturated rings. The first kappa shape index (κ1) is 15.3. The van der Waals surface area contributed by atoms with E-state index in [9.17, 15) is 8.78 Å². The van der Waals surface area contributed by atoms with Crippen molar-refractivity contribution in [3.63, 3.8) is 0 Å². The highest BCUT2D eigenvalue weighted by Gasteiger charge is 2.15. The van der Waals surface area contributed by atoms with Gasteiger partial charge in [-0.05, 0) is 49.7 Å². The normalized spacial score (nSPS) is 11.8. The molecule has 2 nitrogen and oxygen atoms in total. The van der Waals surface area contributed by atoms with Crippen molar-refractivity contribution < 1.29 is 8.78 Å². The van der Waals surface area contributed by atoms with Crippen LogP contribution in [0.15, 0.2) is 30.3 Å². The van der Waals surface area contributed by atoms with Gasteiger partial charge in [-0.3, -0.25) is 0 Å². The van der Waals surface area contributed by atoms with Crippen LogP contribution in [-0.2, 0) is 0 Å². The molecule has 0 saturated heterocycles. The van der Waals surface area contributed by atoms with E-state index in [2.05, 4.69) is 5.32 Å². The van der Waals surface area contributed by atoms with Crippen LogP contribution in [0.5, 0.6) is 0 Å². The number of hydrogen-bond acceptors (Lipinski definition) is 2. The lowest BCUT2D eigenvalue weighted by atomic mass is 10.0. The molecule has 0 aliphatic carbocycles. The van der Waals surface area contributed by atoms with Crippen LogP contribution in [0.3, 0.4) is 0 Å². The van der Waals surface area contributed by atoms with Crippen LogP contribution in [0, 0.1) is 29.9 Å². The molecular formula is C16H13ClF2N2. The smallest absolute Gasteiger partial charge is 0.128 e. The standard InChI is InChI=1S/C16H13ClF2N2/c1-9-5-15(19)12(7-14(9)18)10(2)21-16-6-11(8-20)3-4-13(16)17/h3-7,10,21H,1-2H3. The van der Waals surface area contributed by atoms with Crippen molar-refractivity contribution in [2.24, 2.45) is 0 Å². The summed E-state index contributed by atoms with van der Waals surface area (Å²) in [7, 11) is 0. The molecule has 5 heteroatoms. The van der Waals surface area contributed by atoms with Gasteiger partial charge in [0.2, 0.25) is 0 Å². The van der Waals surface area contributed by atoms with Gasteiger partial charge in [0.1, 0.15) is 11.6 Å². The summed E-state index contributed by atoms with van der Waals surface area (Å²) in [5.74, 6) is -0.946. The maximum absolute atomic E-state index is 13.9. The van der Waals surface area contributed by atoms with Crippen LogP contribution in [0.25, 0.3) is 0 Å². The second-order valence-corrected chi connectivity index (χ2v) is 5.20. The first-order valence-electron chi connectivity index (χ1n) is 6.34. The molecule has 0 spiro atoms. The molecule has 1 unspecified atom stereocenters. The van der Waals surface area contributed by atoms with Gasteiger partial charge in [-0.1, -0.05) is 11.6 Å². The number of nitrogens with zero attached hydrogens (tertiary/aromatic N) is 1. The lowest BCUT2D eigenvalue weighted by Gasteiger charge is -2.18. The topological polar surface area (TPSA) is 35.8 Å². The van der Waals surface area contributed by atoms with Gasteiger partial charge in [0.05, 0.1) is 28.4 Å². The number of nitrogens with one attached hydrogen (secondary N) is 1. The van der Waals surface area contributed by atoms with Gasteiger partial charge >= 0.3 is 0 Å². The van der Waals surface area contributed by atoms with Gasteiger partial charge in [-0.2, -0.15) is 5.26 Å². The van der Waals surface area contributed by atoms with Gasteiger partial charge in [-0.15, -0.1) is 0 Å². The summed E-state index contributed by atoms with van der Waals surface area (Å²) in [5, 5.41) is 12.3. The van der Waals surface area contributed by atoms with Gasteiger partial charge in [0.25, 0.3) is 0 Å². The summed E-state index contributed by atoms with van der Waals surface area (Å²) >= 11 is 6.04. The molecule has 21 heavy (non-hydrogen) atoms. The van der Waals surface area contributed by atoms with Crippen molar-refractivity contribution in [2.75, 3.05) is 5.32 Å². The lowest BCUT2D eigenvalue weighted by molar-refractivity contribution is 0.571. The maximum Gasteiger partial charge on any atom is 0.128 e. The third-order valence-corrected chi connectivity index (χ3v) is 3.54. The van der Waals surface area contributed by atoms with Crippen molar-refractivity contribution in [3.8, 4) is 6.07 Å². The first-order valence-corrected chi connectivity index (χ1v) is 6.72. The van der Waals surface area contributed by atoms with E-state index in [1.54, 1.807) is 25.1 Å². The molecule has 0 aliphatic heterocycles. The fourth-order valence-corrected chi connectivity index (χ4v) is 2.18. The molecule has 1 atom stereocenters. The molecule has 0 saturated carbocycles. The summed E-state index contributed by atoms with van der Waals surface area (Å²) in [6.45, 7) is 3.20. The Kier molecular flexibility index (Phi) is 4.44. The summed E-state index contributed by atoms with van der Waals surface area (Å²) in [6, 6.07) is 8.59. The zero-order chi connectivity index (χ0) is 15.6. The molecule has 108 valence electrons. The quantitative estimate of drug-likeness (QED) is 0.869. The largest absolute Gasteiger partial charge is 0.377 e. The predicted octanol–water partition coefficient (Wildman–Crippen LogP) is 4.97. The minimum absolute atomic E-state index is 0.205. The molecule has 0 aliphatic rings. The van der Waals surface area contributed by atoms with Crippen molar-refractivity contribution in [2.45, 2.75) is 19.9 Å². The van der Waals surface area contributed by atoms with E-state index in [0.717, 1.165) is 6.07 Å². The van der Waals surface area contributed by atoms with Gasteiger partial charge in [-0.25, -0.2) is 8.78 Å². The molecule has 2 rings (SSSR count). The van der Waals surface area contributed by atoms with E-state index in [1.807, 2.05) is 6.07 Å². The van der Waals surface area contributed by atoms with Crippen molar-refractivity contribution in [1.82, 2.24) is 0 Å². The Bertz CT molecular complexity index is 723. The zero-order valence-electron chi connectivity index (χ0n) is 11.5. The molecule has 0 heterocycles. The van der Waals surface area contributed by atoms with E-state index in [-0.39, 0.29) is 11.1 Å². The second-order valence-electron chi connectivity index (χ2n) is 4.80. The summed E-state index contributed by atoms with van der Waals surface area (Å²) in [5.41, 5.74) is 1.40. The molecular weight excluding hydrogens is 294 g/mol. The lowest BCUT2D eigenvalue weighted by Crippen LogP contribution is -2.10. The number of benzene rings is 2. The fraction of sp³-hybridized carbons (Fsp3) is 0.188. The predicted molar refractivity (Wildman–Crippen MR) is 79.3 cm³/mol. The van der Waals surface area contributed by atoms with Crippen LogP contribution in [0.1, 0.15) is 29.7 Å². The van der Waals surface area contributed by atoms with Gasteiger partial charge in [0.15, 0.2) is 0 Å². The monoisotopic (exact) mass is 306 g/mol. The Labute approximate surface area is 127 Å². The Morgan fingerprint density at radius 3 is 2.57 bits per heavy atom. The Hall–Kier alpha value is -2.12. The molecule has 2 aromatic rings. The van der Waals surface area contributed by atoms with Crippen LogP contribution in [-0.4, -0.2) is 0 Å². The summed E-state index contributed by atoms with van der Waals surface area (Å²) in [6.07, 6.45) is 0. The number of nitriles is 1. The minimum atomic E-state index is -0.494. The van der Waals surface area contributed by atoms with Crippen LogP contribution in [0.2, 0.25) is 5.02 Å². The highest BCUT2D eigenvalue weighted by Crippen LogP contribution is 2.29. The highest BCUT2D eigenvalue weighted by atomic mass is 35.5. The Morgan fingerprint density at radius 1 is 1.19 bits per heavy atom. The van der Waals surface area contributed by atoms with Crippen LogP contribution < -0.4 is 5.32 Å². The van der Waals surface area contributed by atoms with Crippen LogP contribution in [0.4, 0.5) is 14.5 Å². The first-order chi connectivity index (χ1) is 9.92. The number of aryl methyl sites for hydroxylation is 1. The highest BCUT2D eigenvalue weighted by molar-refractivity contribution is 6.33. The molecule has 0 bridgehead atoms. The van der Waals surface area contributed by atoms with Crippen molar-refractivity contribution in [1.29, 1.82) is 5.26 Å². The number of halogens is 3. The molecule has 1 N–H and O–H groups in total. The Morgan fingerprint density at radius 2 is 1.90 bits per heavy atom. The average Bonchev–Trinajstić information content (AvgIpc) is 2.45. The van der Waals surface area contributed by atoms with Gasteiger partial charge < -0.3 is 5.32 Å². The average molecular weight is 307 g/mol. The third-order valence-electron chi connectivity index (χ3n) is 3.21. The van der Waals surface area contributed by atoms with Crippen LogP contribution >= 0.6 is 11.6 Å². The summed E-state index contributed by atoms with van der Waals surface area (Å²) in [4.78, 5) is 0. The number of anilines is 1. The minimum Gasteiger partial charge on any atom is -0.377 e. The van der Waals surface area contributed by atoms with E-state index in [1.165, 1.54) is 13.0 Å². The van der Waals surface area contributed by atoms with Crippen molar-refractivity contribution in [3.05, 3.63) is 63.7 Å². The van der Waals surface area contributed by atoms with E-state index in [4.69, 9.17) is 16.9 Å². The number of rotatable bonds is 3. The number of hydrogen-bond donors (Lipinski definition) is 1. The van der Waals surface area contributed by atoms with E-state index >= 15 is 0 Å². The third kappa shape index (κ3) is 3.32.